The second-order valence-corrected chi connectivity index (χ2v) is 4.87. The molecule has 2 aromatic rings. The summed E-state index contributed by atoms with van der Waals surface area (Å²) in [7, 11) is 0. The maximum atomic E-state index is 11.4. The van der Waals surface area contributed by atoms with Crippen molar-refractivity contribution in [2.45, 2.75) is 33.6 Å². The molecule has 1 aromatic heterocycles. The fourth-order valence-electron chi connectivity index (χ4n) is 2.36. The van der Waals surface area contributed by atoms with Crippen molar-refractivity contribution >= 4 is 16.8 Å². The Morgan fingerprint density at radius 1 is 1.29 bits per heavy atom. The highest BCUT2D eigenvalue weighted by Gasteiger charge is 2.17. The second-order valence-electron chi connectivity index (χ2n) is 4.87. The van der Waals surface area contributed by atoms with E-state index in [1.54, 1.807) is 0 Å². The first-order valence-electron chi connectivity index (χ1n) is 5.85. The number of hydrogen-bond acceptors (Lipinski definition) is 1. The molecular weight excluding hydrogens is 212 g/mol. The molecule has 0 atom stereocenters. The molecule has 2 rings (SSSR count). The SMILES string of the molecule is Cc1ccc(C(C)C)c2c(C)c(C(N)=O)[nH]c12. The molecule has 0 bridgehead atoms. The van der Waals surface area contributed by atoms with E-state index in [2.05, 4.69) is 31.0 Å². The van der Waals surface area contributed by atoms with E-state index in [1.165, 1.54) is 5.56 Å². The fraction of sp³-hybridized carbons (Fsp3) is 0.357. The van der Waals surface area contributed by atoms with Crippen LogP contribution in [-0.2, 0) is 0 Å². The van der Waals surface area contributed by atoms with E-state index in [9.17, 15) is 4.79 Å². The van der Waals surface area contributed by atoms with E-state index in [-0.39, 0.29) is 0 Å². The van der Waals surface area contributed by atoms with Crippen molar-refractivity contribution in [3.63, 3.8) is 0 Å². The molecular formula is C14H18N2O. The molecule has 3 heteroatoms. The molecule has 0 radical (unpaired) electrons. The van der Waals surface area contributed by atoms with Crippen molar-refractivity contribution in [3.05, 3.63) is 34.5 Å². The van der Waals surface area contributed by atoms with E-state index in [0.717, 1.165) is 22.0 Å². The van der Waals surface area contributed by atoms with Gasteiger partial charge >= 0.3 is 0 Å². The molecule has 1 amide bonds. The summed E-state index contributed by atoms with van der Waals surface area (Å²) in [5.74, 6) is 0.0288. The van der Waals surface area contributed by atoms with E-state index >= 15 is 0 Å². The number of nitrogens with one attached hydrogen (secondary N) is 1. The van der Waals surface area contributed by atoms with Crippen LogP contribution in [0, 0.1) is 13.8 Å². The van der Waals surface area contributed by atoms with Gasteiger partial charge in [-0.25, -0.2) is 0 Å². The van der Waals surface area contributed by atoms with E-state index in [0.29, 0.717) is 11.6 Å². The summed E-state index contributed by atoms with van der Waals surface area (Å²) in [6.45, 7) is 8.29. The first-order valence-corrected chi connectivity index (χ1v) is 5.85. The number of carbonyl (C=O) groups excluding carboxylic acids is 1. The number of fused-ring (bicyclic) bond motifs is 1. The van der Waals surface area contributed by atoms with Crippen molar-refractivity contribution in [2.75, 3.05) is 0 Å². The quantitative estimate of drug-likeness (QED) is 0.818. The summed E-state index contributed by atoms with van der Waals surface area (Å²) in [6, 6.07) is 4.21. The summed E-state index contributed by atoms with van der Waals surface area (Å²) in [4.78, 5) is 14.5. The highest BCUT2D eigenvalue weighted by molar-refractivity contribution is 6.02. The fourth-order valence-corrected chi connectivity index (χ4v) is 2.36. The van der Waals surface area contributed by atoms with Gasteiger partial charge in [0.25, 0.3) is 5.91 Å². The number of H-pyrrole nitrogens is 1. The molecule has 17 heavy (non-hydrogen) atoms. The van der Waals surface area contributed by atoms with Crippen LogP contribution in [0.15, 0.2) is 12.1 Å². The van der Waals surface area contributed by atoms with Gasteiger partial charge in [0, 0.05) is 10.9 Å². The Kier molecular flexibility index (Phi) is 2.69. The molecule has 0 aliphatic heterocycles. The highest BCUT2D eigenvalue weighted by atomic mass is 16.1. The van der Waals surface area contributed by atoms with Gasteiger partial charge in [0.2, 0.25) is 0 Å². The number of hydrogen-bond donors (Lipinski definition) is 2. The van der Waals surface area contributed by atoms with Gasteiger partial charge in [0.15, 0.2) is 0 Å². The molecule has 0 aliphatic rings. The molecule has 0 saturated heterocycles. The summed E-state index contributed by atoms with van der Waals surface area (Å²) in [5.41, 5.74) is 10.3. The predicted octanol–water partition coefficient (Wildman–Crippen LogP) is 3.01. The third-order valence-corrected chi connectivity index (χ3v) is 3.31. The van der Waals surface area contributed by atoms with Crippen LogP contribution in [0.2, 0.25) is 0 Å². The molecule has 1 aromatic carbocycles. The minimum absolute atomic E-state index is 0.396. The lowest BCUT2D eigenvalue weighted by Crippen LogP contribution is -2.12. The Bertz CT molecular complexity index is 594. The Hall–Kier alpha value is -1.77. The van der Waals surface area contributed by atoms with Gasteiger partial charge in [0.1, 0.15) is 5.69 Å². The van der Waals surface area contributed by atoms with Crippen LogP contribution < -0.4 is 5.73 Å². The molecule has 0 aliphatic carbocycles. The standard InChI is InChI=1S/C14H18N2O/c1-7(2)10-6-5-8(3)12-11(10)9(4)13(16-12)14(15)17/h5-7,16H,1-4H3,(H2,15,17). The van der Waals surface area contributed by atoms with Crippen LogP contribution in [-0.4, -0.2) is 10.9 Å². The van der Waals surface area contributed by atoms with Gasteiger partial charge in [-0.1, -0.05) is 26.0 Å². The van der Waals surface area contributed by atoms with Crippen molar-refractivity contribution in [2.24, 2.45) is 5.73 Å². The van der Waals surface area contributed by atoms with Crippen molar-refractivity contribution < 1.29 is 4.79 Å². The van der Waals surface area contributed by atoms with Crippen LogP contribution in [0.5, 0.6) is 0 Å². The normalized spacial score (nSPS) is 11.4. The molecule has 90 valence electrons. The molecule has 3 N–H and O–H groups in total. The van der Waals surface area contributed by atoms with E-state index in [4.69, 9.17) is 5.73 Å². The van der Waals surface area contributed by atoms with Gasteiger partial charge in [-0.2, -0.15) is 0 Å². The van der Waals surface area contributed by atoms with Crippen molar-refractivity contribution in [1.82, 2.24) is 4.98 Å². The summed E-state index contributed by atoms with van der Waals surface area (Å²) in [6.07, 6.45) is 0. The second kappa shape index (κ2) is 3.91. The molecule has 1 heterocycles. The largest absolute Gasteiger partial charge is 0.364 e. The average Bonchev–Trinajstić information content (AvgIpc) is 2.58. The van der Waals surface area contributed by atoms with E-state index in [1.807, 2.05) is 13.8 Å². The number of benzene rings is 1. The number of nitrogens with two attached hydrogens (primary N) is 1. The van der Waals surface area contributed by atoms with E-state index < -0.39 is 5.91 Å². The third kappa shape index (κ3) is 1.71. The molecule has 0 saturated carbocycles. The summed E-state index contributed by atoms with van der Waals surface area (Å²) >= 11 is 0. The monoisotopic (exact) mass is 230 g/mol. The summed E-state index contributed by atoms with van der Waals surface area (Å²) in [5, 5.41) is 1.15. The maximum absolute atomic E-state index is 11.4. The zero-order chi connectivity index (χ0) is 12.7. The number of amides is 1. The zero-order valence-corrected chi connectivity index (χ0v) is 10.7. The Morgan fingerprint density at radius 2 is 1.94 bits per heavy atom. The Labute approximate surface area is 101 Å². The van der Waals surface area contributed by atoms with Crippen molar-refractivity contribution in [1.29, 1.82) is 0 Å². The van der Waals surface area contributed by atoms with Crippen molar-refractivity contribution in [3.8, 4) is 0 Å². The van der Waals surface area contributed by atoms with Gasteiger partial charge in [-0.3, -0.25) is 4.79 Å². The lowest BCUT2D eigenvalue weighted by Gasteiger charge is -2.09. The number of rotatable bonds is 2. The topological polar surface area (TPSA) is 58.9 Å². The van der Waals surface area contributed by atoms with Gasteiger partial charge in [0.05, 0.1) is 0 Å². The lowest BCUT2D eigenvalue weighted by atomic mass is 9.95. The molecule has 0 unspecified atom stereocenters. The van der Waals surface area contributed by atoms with Crippen LogP contribution in [0.25, 0.3) is 10.9 Å². The van der Waals surface area contributed by atoms with Gasteiger partial charge < -0.3 is 10.7 Å². The Morgan fingerprint density at radius 3 is 2.47 bits per heavy atom. The maximum Gasteiger partial charge on any atom is 0.265 e. The smallest absolute Gasteiger partial charge is 0.265 e. The lowest BCUT2D eigenvalue weighted by molar-refractivity contribution is 0.0996. The summed E-state index contributed by atoms with van der Waals surface area (Å²) < 4.78 is 0. The zero-order valence-electron chi connectivity index (χ0n) is 10.7. The number of aryl methyl sites for hydroxylation is 2. The van der Waals surface area contributed by atoms with Crippen LogP contribution in [0.3, 0.4) is 0 Å². The highest BCUT2D eigenvalue weighted by Crippen LogP contribution is 2.31. The third-order valence-electron chi connectivity index (χ3n) is 3.31. The molecule has 0 spiro atoms. The number of aromatic nitrogens is 1. The predicted molar refractivity (Wildman–Crippen MR) is 70.4 cm³/mol. The average molecular weight is 230 g/mol. The van der Waals surface area contributed by atoms with Crippen LogP contribution in [0.1, 0.15) is 46.9 Å². The number of carbonyl (C=O) groups is 1. The van der Waals surface area contributed by atoms with Gasteiger partial charge in [-0.05, 0) is 36.5 Å². The number of primary amides is 1. The first-order chi connectivity index (χ1) is 7.93. The first kappa shape index (κ1) is 11.7. The van der Waals surface area contributed by atoms with Crippen LogP contribution >= 0.6 is 0 Å². The Balaban J connectivity index is 2.89. The minimum Gasteiger partial charge on any atom is -0.364 e. The number of aromatic amines is 1. The van der Waals surface area contributed by atoms with Gasteiger partial charge in [-0.15, -0.1) is 0 Å². The minimum atomic E-state index is -0.396. The molecule has 3 nitrogen and oxygen atoms in total. The van der Waals surface area contributed by atoms with Crippen LogP contribution in [0.4, 0.5) is 0 Å². The molecule has 0 fully saturated rings.